The zero-order chi connectivity index (χ0) is 22.0. The molecule has 156 valence electrons. The number of aromatic nitrogens is 3. The van der Waals surface area contributed by atoms with Gasteiger partial charge in [0.2, 0.25) is 0 Å². The molecule has 2 aromatic carbocycles. The minimum absolute atomic E-state index is 0.111. The Morgan fingerprint density at radius 1 is 0.935 bits per heavy atom. The number of benzene rings is 2. The molecule has 10 heteroatoms. The van der Waals surface area contributed by atoms with E-state index in [4.69, 9.17) is 39.5 Å². The Morgan fingerprint density at radius 3 is 2.35 bits per heavy atom. The topological polar surface area (TPSA) is 69.0 Å². The lowest BCUT2D eigenvalue weighted by molar-refractivity contribution is 0.299. The number of para-hydroxylation sites is 1. The van der Waals surface area contributed by atoms with Crippen molar-refractivity contribution < 1.29 is 4.74 Å². The molecular formula is C21H16BCl3N4O2. The third-order valence-electron chi connectivity index (χ3n) is 4.60. The summed E-state index contributed by atoms with van der Waals surface area (Å²) in [6.07, 6.45) is 0. The quantitative estimate of drug-likeness (QED) is 0.340. The summed E-state index contributed by atoms with van der Waals surface area (Å²) in [4.78, 5) is 22.0. The SMILES string of the molecule is BNCCOc1nc(-c2ccccc2Cl)c2ccc(=O)n(-c3c(Cl)cccc3Cl)c2n1. The van der Waals surface area contributed by atoms with E-state index in [1.165, 1.54) is 10.6 Å². The summed E-state index contributed by atoms with van der Waals surface area (Å²) in [5.41, 5.74) is 1.53. The summed E-state index contributed by atoms with van der Waals surface area (Å²) in [7, 11) is 1.82. The first-order valence-corrected chi connectivity index (χ1v) is 10.5. The third kappa shape index (κ3) is 4.27. The summed E-state index contributed by atoms with van der Waals surface area (Å²) in [6.45, 7) is 0.939. The maximum absolute atomic E-state index is 12.9. The van der Waals surface area contributed by atoms with Crippen LogP contribution in [0.2, 0.25) is 15.1 Å². The van der Waals surface area contributed by atoms with Crippen molar-refractivity contribution in [2.45, 2.75) is 0 Å². The van der Waals surface area contributed by atoms with Crippen LogP contribution in [-0.4, -0.2) is 35.7 Å². The molecular weight excluding hydrogens is 457 g/mol. The summed E-state index contributed by atoms with van der Waals surface area (Å²) < 4.78 is 7.11. The van der Waals surface area contributed by atoms with E-state index in [2.05, 4.69) is 15.2 Å². The highest BCUT2D eigenvalue weighted by atomic mass is 35.5. The van der Waals surface area contributed by atoms with Gasteiger partial charge in [0.25, 0.3) is 5.56 Å². The molecule has 0 saturated carbocycles. The van der Waals surface area contributed by atoms with Crippen molar-refractivity contribution in [1.82, 2.24) is 19.8 Å². The Morgan fingerprint density at radius 2 is 1.65 bits per heavy atom. The van der Waals surface area contributed by atoms with Crippen molar-refractivity contribution in [3.05, 3.63) is 80.0 Å². The van der Waals surface area contributed by atoms with Crippen LogP contribution in [0.25, 0.3) is 28.0 Å². The first-order valence-electron chi connectivity index (χ1n) is 9.41. The number of hydrogen-bond acceptors (Lipinski definition) is 5. The Hall–Kier alpha value is -2.58. The zero-order valence-corrected chi connectivity index (χ0v) is 18.7. The molecule has 0 amide bonds. The van der Waals surface area contributed by atoms with Gasteiger partial charge < -0.3 is 9.96 Å². The number of nitrogens with zero attached hydrogens (tertiary/aromatic N) is 3. The third-order valence-corrected chi connectivity index (χ3v) is 5.54. The molecule has 0 aliphatic carbocycles. The first-order chi connectivity index (χ1) is 15.0. The van der Waals surface area contributed by atoms with Gasteiger partial charge in [0.05, 0.1) is 21.4 Å². The number of nitrogens with one attached hydrogen (secondary N) is 1. The molecule has 0 fully saturated rings. The lowest BCUT2D eigenvalue weighted by Gasteiger charge is -2.16. The molecule has 0 saturated heterocycles. The van der Waals surface area contributed by atoms with Crippen molar-refractivity contribution in [2.24, 2.45) is 0 Å². The van der Waals surface area contributed by atoms with Crippen LogP contribution in [0, 0.1) is 0 Å². The Balaban J connectivity index is 2.07. The zero-order valence-electron chi connectivity index (χ0n) is 16.4. The van der Waals surface area contributed by atoms with Crippen LogP contribution in [0.4, 0.5) is 0 Å². The number of hydrogen-bond donors (Lipinski definition) is 1. The molecule has 0 atom stereocenters. The smallest absolute Gasteiger partial charge is 0.319 e. The number of rotatable bonds is 6. The van der Waals surface area contributed by atoms with Gasteiger partial charge in [-0.25, -0.2) is 0 Å². The van der Waals surface area contributed by atoms with Crippen LogP contribution in [-0.2, 0) is 0 Å². The molecule has 0 aliphatic heterocycles. The lowest BCUT2D eigenvalue weighted by atomic mass is 10.1. The minimum Gasteiger partial charge on any atom is -0.462 e. The fourth-order valence-corrected chi connectivity index (χ4v) is 3.97. The van der Waals surface area contributed by atoms with Gasteiger partial charge in [-0.3, -0.25) is 9.36 Å². The fourth-order valence-electron chi connectivity index (χ4n) is 3.18. The highest BCUT2D eigenvalue weighted by Gasteiger charge is 2.19. The number of halogens is 3. The molecule has 0 bridgehead atoms. The molecule has 0 aliphatic rings. The molecule has 31 heavy (non-hydrogen) atoms. The summed E-state index contributed by atoms with van der Waals surface area (Å²) in [5, 5.41) is 4.75. The molecule has 0 radical (unpaired) electrons. The monoisotopic (exact) mass is 472 g/mol. The van der Waals surface area contributed by atoms with E-state index in [9.17, 15) is 4.79 Å². The van der Waals surface area contributed by atoms with E-state index >= 15 is 0 Å². The molecule has 2 heterocycles. The highest BCUT2D eigenvalue weighted by molar-refractivity contribution is 6.38. The normalized spacial score (nSPS) is 11.1. The molecule has 4 rings (SSSR count). The van der Waals surface area contributed by atoms with E-state index in [1.807, 2.05) is 26.2 Å². The van der Waals surface area contributed by atoms with Gasteiger partial charge >= 0.3 is 6.01 Å². The molecule has 4 aromatic rings. The number of pyridine rings is 1. The van der Waals surface area contributed by atoms with Crippen LogP contribution in [0.15, 0.2) is 59.4 Å². The maximum atomic E-state index is 12.9. The van der Waals surface area contributed by atoms with E-state index in [0.29, 0.717) is 56.2 Å². The lowest BCUT2D eigenvalue weighted by Crippen LogP contribution is -2.21. The second-order valence-corrected chi connectivity index (χ2v) is 7.82. The average molecular weight is 474 g/mol. The average Bonchev–Trinajstić information content (AvgIpc) is 2.75. The van der Waals surface area contributed by atoms with Crippen LogP contribution in [0.3, 0.4) is 0 Å². The Kier molecular flexibility index (Phi) is 6.48. The Labute approximate surface area is 194 Å². The van der Waals surface area contributed by atoms with Crippen LogP contribution < -0.4 is 15.5 Å². The van der Waals surface area contributed by atoms with Gasteiger partial charge in [-0.1, -0.05) is 59.1 Å². The molecule has 0 unspecified atom stereocenters. The highest BCUT2D eigenvalue weighted by Crippen LogP contribution is 2.35. The largest absolute Gasteiger partial charge is 0.462 e. The first kappa shape index (κ1) is 21.6. The predicted molar refractivity (Wildman–Crippen MR) is 128 cm³/mol. The van der Waals surface area contributed by atoms with E-state index < -0.39 is 0 Å². The van der Waals surface area contributed by atoms with Gasteiger partial charge in [0.1, 0.15) is 6.61 Å². The van der Waals surface area contributed by atoms with Gasteiger partial charge in [0.15, 0.2) is 13.6 Å². The van der Waals surface area contributed by atoms with Gasteiger partial charge in [-0.2, -0.15) is 9.97 Å². The van der Waals surface area contributed by atoms with Crippen molar-refractivity contribution in [3.8, 4) is 23.0 Å². The Bertz CT molecular complexity index is 1310. The molecule has 1 N–H and O–H groups in total. The van der Waals surface area contributed by atoms with Crippen LogP contribution >= 0.6 is 34.8 Å². The van der Waals surface area contributed by atoms with Crippen molar-refractivity contribution in [1.29, 1.82) is 0 Å². The van der Waals surface area contributed by atoms with Gasteiger partial charge in [-0.05, 0) is 24.3 Å². The predicted octanol–water partition coefficient (Wildman–Crippen LogP) is 3.92. The maximum Gasteiger partial charge on any atom is 0.319 e. The molecule has 2 aromatic heterocycles. The van der Waals surface area contributed by atoms with E-state index in [1.54, 1.807) is 30.3 Å². The molecule has 0 spiro atoms. The van der Waals surface area contributed by atoms with Crippen molar-refractivity contribution in [3.63, 3.8) is 0 Å². The number of ether oxygens (including phenoxy) is 1. The minimum atomic E-state index is -0.340. The summed E-state index contributed by atoms with van der Waals surface area (Å²) in [6, 6.07) is 15.5. The second-order valence-electron chi connectivity index (χ2n) is 6.60. The second kappa shape index (κ2) is 9.28. The van der Waals surface area contributed by atoms with Crippen LogP contribution in [0.5, 0.6) is 6.01 Å². The number of fused-ring (bicyclic) bond motifs is 1. The summed E-state index contributed by atoms with van der Waals surface area (Å²) >= 11 is 19.3. The van der Waals surface area contributed by atoms with E-state index in [-0.39, 0.29) is 11.6 Å². The van der Waals surface area contributed by atoms with E-state index in [0.717, 1.165) is 0 Å². The van der Waals surface area contributed by atoms with Crippen molar-refractivity contribution >= 4 is 53.8 Å². The van der Waals surface area contributed by atoms with Gasteiger partial charge in [-0.15, -0.1) is 0 Å². The fraction of sp³-hybridized carbons (Fsp3) is 0.0952. The van der Waals surface area contributed by atoms with Gasteiger partial charge in [0, 0.05) is 28.6 Å². The van der Waals surface area contributed by atoms with Crippen LogP contribution in [0.1, 0.15) is 0 Å². The molecule has 6 nitrogen and oxygen atoms in total. The standard InChI is InChI=1S/C21H16BCl3N4O2/c22-26-10-11-31-21-27-18(12-4-1-2-5-14(12)23)13-8-9-17(30)29(20(13)28-21)19-15(24)6-3-7-16(19)25/h1-9,26H,10-11,22H2. The summed E-state index contributed by atoms with van der Waals surface area (Å²) in [5.74, 6) is 0. The van der Waals surface area contributed by atoms with Crippen molar-refractivity contribution in [2.75, 3.05) is 13.2 Å².